The van der Waals surface area contributed by atoms with Crippen molar-refractivity contribution < 1.29 is 19.1 Å². The van der Waals surface area contributed by atoms with Gasteiger partial charge in [0.15, 0.2) is 0 Å². The number of carboxylic acids is 1. The van der Waals surface area contributed by atoms with Crippen LogP contribution in [0.5, 0.6) is 0 Å². The molecule has 1 amide bonds. The lowest BCUT2D eigenvalue weighted by Crippen LogP contribution is -2.51. The number of amides is 1. The summed E-state index contributed by atoms with van der Waals surface area (Å²) in [6.45, 7) is 1.99. The summed E-state index contributed by atoms with van der Waals surface area (Å²) in [4.78, 5) is 23.4. The Morgan fingerprint density at radius 3 is 2.42 bits per heavy atom. The van der Waals surface area contributed by atoms with Gasteiger partial charge in [-0.05, 0) is 55.5 Å². The molecule has 0 bridgehead atoms. The summed E-state index contributed by atoms with van der Waals surface area (Å²) in [5.41, 5.74) is 1.34. The van der Waals surface area contributed by atoms with Crippen LogP contribution in [-0.4, -0.2) is 17.0 Å². The number of aromatic carboxylic acids is 1. The minimum Gasteiger partial charge on any atom is -0.478 e. The van der Waals surface area contributed by atoms with Crippen molar-refractivity contribution in [1.29, 1.82) is 0 Å². The Morgan fingerprint density at radius 1 is 1.17 bits per heavy atom. The van der Waals surface area contributed by atoms with E-state index in [0.29, 0.717) is 0 Å². The van der Waals surface area contributed by atoms with Crippen molar-refractivity contribution in [1.82, 2.24) is 5.32 Å². The second kappa shape index (κ2) is 6.07. The number of nitrogens with one attached hydrogen (secondary N) is 1. The molecular formula is C19H18FNO3. The van der Waals surface area contributed by atoms with Crippen LogP contribution in [0.15, 0.2) is 42.5 Å². The third-order valence-electron chi connectivity index (χ3n) is 4.68. The van der Waals surface area contributed by atoms with Crippen molar-refractivity contribution in [2.75, 3.05) is 0 Å². The van der Waals surface area contributed by atoms with Crippen LogP contribution >= 0.6 is 0 Å². The highest BCUT2D eigenvalue weighted by molar-refractivity contribution is 5.96. The van der Waals surface area contributed by atoms with Gasteiger partial charge >= 0.3 is 5.97 Å². The molecule has 0 saturated heterocycles. The Balaban J connectivity index is 1.89. The fourth-order valence-corrected chi connectivity index (χ4v) is 3.22. The van der Waals surface area contributed by atoms with Gasteiger partial charge in [-0.15, -0.1) is 0 Å². The van der Waals surface area contributed by atoms with Crippen LogP contribution in [0, 0.1) is 12.7 Å². The first-order valence-electron chi connectivity index (χ1n) is 7.84. The van der Waals surface area contributed by atoms with Gasteiger partial charge < -0.3 is 10.4 Å². The van der Waals surface area contributed by atoms with Crippen molar-refractivity contribution in [2.45, 2.75) is 31.7 Å². The van der Waals surface area contributed by atoms with E-state index in [1.807, 2.05) is 31.2 Å². The molecular weight excluding hydrogens is 309 g/mol. The lowest BCUT2D eigenvalue weighted by Gasteiger charge is -2.44. The number of hydrogen-bond acceptors (Lipinski definition) is 2. The number of halogens is 1. The van der Waals surface area contributed by atoms with E-state index in [9.17, 15) is 14.0 Å². The highest BCUT2D eigenvalue weighted by Crippen LogP contribution is 2.42. The zero-order chi connectivity index (χ0) is 17.3. The van der Waals surface area contributed by atoms with E-state index in [1.165, 1.54) is 12.1 Å². The van der Waals surface area contributed by atoms with Gasteiger partial charge in [-0.2, -0.15) is 0 Å². The average molecular weight is 327 g/mol. The number of carbonyl (C=O) groups excluding carboxylic acids is 1. The highest BCUT2D eigenvalue weighted by Gasteiger charge is 2.41. The van der Waals surface area contributed by atoms with Gasteiger partial charge in [0, 0.05) is 0 Å². The zero-order valence-electron chi connectivity index (χ0n) is 13.3. The molecule has 24 heavy (non-hydrogen) atoms. The summed E-state index contributed by atoms with van der Waals surface area (Å²) < 4.78 is 14.1. The maximum absolute atomic E-state index is 14.1. The molecule has 1 saturated carbocycles. The quantitative estimate of drug-likeness (QED) is 0.901. The van der Waals surface area contributed by atoms with Gasteiger partial charge in [0.05, 0.1) is 16.7 Å². The molecule has 0 aromatic heterocycles. The van der Waals surface area contributed by atoms with Crippen LogP contribution in [0.1, 0.15) is 51.1 Å². The lowest BCUT2D eigenvalue weighted by molar-refractivity contribution is 0.0694. The van der Waals surface area contributed by atoms with E-state index in [-0.39, 0.29) is 11.1 Å². The second-order valence-electron chi connectivity index (χ2n) is 6.20. The summed E-state index contributed by atoms with van der Waals surface area (Å²) >= 11 is 0. The van der Waals surface area contributed by atoms with Gasteiger partial charge in [0.2, 0.25) is 0 Å². The summed E-state index contributed by atoms with van der Waals surface area (Å²) in [5.74, 6) is -2.57. The number of hydrogen-bond donors (Lipinski definition) is 2. The first kappa shape index (κ1) is 16.2. The minimum absolute atomic E-state index is 0.139. The molecule has 0 heterocycles. The first-order chi connectivity index (χ1) is 11.4. The predicted octanol–water partition coefficient (Wildman–Crippen LogP) is 3.64. The summed E-state index contributed by atoms with van der Waals surface area (Å²) in [6, 6.07) is 11.2. The fourth-order valence-electron chi connectivity index (χ4n) is 3.22. The number of carbonyl (C=O) groups is 2. The molecule has 0 unspecified atom stereocenters. The van der Waals surface area contributed by atoms with Crippen molar-refractivity contribution in [3.63, 3.8) is 0 Å². The van der Waals surface area contributed by atoms with Gasteiger partial charge in [-0.1, -0.05) is 24.3 Å². The third-order valence-corrected chi connectivity index (χ3v) is 4.68. The second-order valence-corrected chi connectivity index (χ2v) is 6.20. The summed E-state index contributed by atoms with van der Waals surface area (Å²) in [5, 5.41) is 11.9. The van der Waals surface area contributed by atoms with E-state index in [1.54, 1.807) is 0 Å². The number of benzene rings is 2. The number of aryl methyl sites for hydroxylation is 1. The Kier molecular flexibility index (Phi) is 4.09. The number of rotatable bonds is 4. The monoisotopic (exact) mass is 327 g/mol. The molecule has 2 aromatic carbocycles. The number of carboxylic acid groups (broad SMARTS) is 1. The Hall–Kier alpha value is -2.69. The van der Waals surface area contributed by atoms with Gasteiger partial charge in [0.25, 0.3) is 5.91 Å². The third kappa shape index (κ3) is 2.77. The Bertz CT molecular complexity index is 812. The molecule has 0 atom stereocenters. The molecule has 0 radical (unpaired) electrons. The molecule has 1 fully saturated rings. The molecule has 2 N–H and O–H groups in total. The van der Waals surface area contributed by atoms with Gasteiger partial charge in [0.1, 0.15) is 5.82 Å². The lowest BCUT2D eigenvalue weighted by atomic mass is 9.70. The fraction of sp³-hybridized carbons (Fsp3) is 0.263. The van der Waals surface area contributed by atoms with Crippen LogP contribution in [0.3, 0.4) is 0 Å². The molecule has 3 rings (SSSR count). The average Bonchev–Trinajstić information content (AvgIpc) is 2.51. The van der Waals surface area contributed by atoms with Crippen molar-refractivity contribution in [2.24, 2.45) is 0 Å². The van der Waals surface area contributed by atoms with E-state index in [2.05, 4.69) is 5.32 Å². The smallest absolute Gasteiger partial charge is 0.335 e. The van der Waals surface area contributed by atoms with E-state index in [4.69, 9.17) is 5.11 Å². The Labute approximate surface area is 139 Å². The topological polar surface area (TPSA) is 66.4 Å². The molecule has 2 aromatic rings. The van der Waals surface area contributed by atoms with E-state index >= 15 is 0 Å². The van der Waals surface area contributed by atoms with Crippen LogP contribution in [0.25, 0.3) is 0 Å². The highest BCUT2D eigenvalue weighted by atomic mass is 19.1. The standard InChI is InChI=1S/C19H18FNO3/c1-12-5-2-3-6-15(12)19(9-4-10-19)21-17(22)14-8-7-13(18(23)24)11-16(14)20/h2-3,5-8,11H,4,9-10H2,1H3,(H,21,22)(H,23,24). The molecule has 4 nitrogen and oxygen atoms in total. The van der Waals surface area contributed by atoms with Gasteiger partial charge in [-0.25, -0.2) is 9.18 Å². The molecule has 0 aliphatic heterocycles. The van der Waals surface area contributed by atoms with Crippen LogP contribution < -0.4 is 5.32 Å². The minimum atomic E-state index is -1.23. The van der Waals surface area contributed by atoms with Crippen molar-refractivity contribution in [3.8, 4) is 0 Å². The molecule has 1 aliphatic carbocycles. The van der Waals surface area contributed by atoms with E-state index < -0.39 is 23.2 Å². The molecule has 0 spiro atoms. The van der Waals surface area contributed by atoms with Crippen LogP contribution in [0.2, 0.25) is 0 Å². The maximum Gasteiger partial charge on any atom is 0.335 e. The summed E-state index contributed by atoms with van der Waals surface area (Å²) in [7, 11) is 0. The SMILES string of the molecule is Cc1ccccc1C1(NC(=O)c2ccc(C(=O)O)cc2F)CCC1. The largest absolute Gasteiger partial charge is 0.478 e. The van der Waals surface area contributed by atoms with Crippen molar-refractivity contribution in [3.05, 3.63) is 70.5 Å². The molecule has 5 heteroatoms. The normalized spacial score (nSPS) is 15.4. The van der Waals surface area contributed by atoms with E-state index in [0.717, 1.165) is 36.5 Å². The summed E-state index contributed by atoms with van der Waals surface area (Å²) in [6.07, 6.45) is 2.60. The maximum atomic E-state index is 14.1. The Morgan fingerprint density at radius 2 is 1.88 bits per heavy atom. The van der Waals surface area contributed by atoms with Crippen molar-refractivity contribution >= 4 is 11.9 Å². The first-order valence-corrected chi connectivity index (χ1v) is 7.84. The van der Waals surface area contributed by atoms with Crippen LogP contribution in [-0.2, 0) is 5.54 Å². The zero-order valence-corrected chi connectivity index (χ0v) is 13.3. The van der Waals surface area contributed by atoms with Gasteiger partial charge in [-0.3, -0.25) is 4.79 Å². The predicted molar refractivity (Wildman–Crippen MR) is 87.5 cm³/mol. The molecule has 1 aliphatic rings. The molecule has 124 valence electrons. The van der Waals surface area contributed by atoms with Crippen LogP contribution in [0.4, 0.5) is 4.39 Å².